The zero-order valence-electron chi connectivity index (χ0n) is 9.95. The number of nitrogens with one attached hydrogen (secondary N) is 1. The first-order valence-corrected chi connectivity index (χ1v) is 5.82. The van der Waals surface area contributed by atoms with E-state index in [-0.39, 0.29) is 12.1 Å². The van der Waals surface area contributed by atoms with Gasteiger partial charge < -0.3 is 15.0 Å². The van der Waals surface area contributed by atoms with Gasteiger partial charge in [-0.2, -0.15) is 0 Å². The van der Waals surface area contributed by atoms with Gasteiger partial charge in [-0.3, -0.25) is 0 Å². The third kappa shape index (κ3) is 3.38. The summed E-state index contributed by atoms with van der Waals surface area (Å²) >= 11 is 0. The largest absolute Gasteiger partial charge is 0.381 e. The van der Waals surface area contributed by atoms with Crippen molar-refractivity contribution in [1.82, 2.24) is 10.2 Å². The molecule has 1 fully saturated rings. The van der Waals surface area contributed by atoms with E-state index in [2.05, 4.69) is 12.2 Å². The van der Waals surface area contributed by atoms with Crippen molar-refractivity contribution in [3.8, 4) is 0 Å². The van der Waals surface area contributed by atoms with Crippen molar-refractivity contribution >= 4 is 6.03 Å². The van der Waals surface area contributed by atoms with Gasteiger partial charge in [0, 0.05) is 31.7 Å². The minimum atomic E-state index is 0.0411. The molecule has 4 heteroatoms. The fourth-order valence-electron chi connectivity index (χ4n) is 1.86. The number of amides is 2. The predicted molar refractivity (Wildman–Crippen MR) is 59.8 cm³/mol. The van der Waals surface area contributed by atoms with Gasteiger partial charge >= 0.3 is 6.03 Å². The van der Waals surface area contributed by atoms with Crippen LogP contribution in [-0.2, 0) is 4.74 Å². The highest BCUT2D eigenvalue weighted by atomic mass is 16.5. The Morgan fingerprint density at radius 1 is 1.53 bits per heavy atom. The van der Waals surface area contributed by atoms with Crippen LogP contribution in [0.3, 0.4) is 0 Å². The monoisotopic (exact) mass is 214 g/mol. The molecule has 1 heterocycles. The lowest BCUT2D eigenvalue weighted by Crippen LogP contribution is -2.46. The van der Waals surface area contributed by atoms with Crippen LogP contribution in [0.2, 0.25) is 0 Å². The Morgan fingerprint density at radius 3 is 2.67 bits per heavy atom. The molecule has 1 saturated heterocycles. The molecule has 2 unspecified atom stereocenters. The maximum atomic E-state index is 11.7. The molecule has 2 atom stereocenters. The third-order valence-electron chi connectivity index (χ3n) is 3.07. The van der Waals surface area contributed by atoms with E-state index in [1.807, 2.05) is 13.8 Å². The first-order valence-electron chi connectivity index (χ1n) is 5.82. The Bertz CT molecular complexity index is 199. The molecule has 1 aliphatic heterocycles. The van der Waals surface area contributed by atoms with Gasteiger partial charge in [0.15, 0.2) is 0 Å². The molecule has 0 radical (unpaired) electrons. The highest BCUT2D eigenvalue weighted by Crippen LogP contribution is 2.16. The van der Waals surface area contributed by atoms with Crippen molar-refractivity contribution in [1.29, 1.82) is 0 Å². The molecule has 15 heavy (non-hydrogen) atoms. The van der Waals surface area contributed by atoms with E-state index < -0.39 is 0 Å². The van der Waals surface area contributed by atoms with Gasteiger partial charge in [-0.1, -0.05) is 0 Å². The van der Waals surface area contributed by atoms with Gasteiger partial charge in [-0.05, 0) is 27.2 Å². The highest BCUT2D eigenvalue weighted by molar-refractivity contribution is 5.74. The van der Waals surface area contributed by atoms with Crippen LogP contribution in [0.15, 0.2) is 0 Å². The van der Waals surface area contributed by atoms with Crippen LogP contribution in [0, 0.1) is 5.92 Å². The summed E-state index contributed by atoms with van der Waals surface area (Å²) in [5.74, 6) is 0.476. The second-order valence-corrected chi connectivity index (χ2v) is 4.03. The van der Waals surface area contributed by atoms with Crippen LogP contribution in [0.4, 0.5) is 4.79 Å². The average Bonchev–Trinajstić information content (AvgIpc) is 2.72. The summed E-state index contributed by atoms with van der Waals surface area (Å²) < 4.78 is 5.31. The number of hydrogen-bond acceptors (Lipinski definition) is 2. The summed E-state index contributed by atoms with van der Waals surface area (Å²) in [6.07, 6.45) is 1.06. The molecule has 1 N–H and O–H groups in total. The Balaban J connectivity index is 2.35. The van der Waals surface area contributed by atoms with Crippen molar-refractivity contribution in [2.45, 2.75) is 33.2 Å². The van der Waals surface area contributed by atoms with Crippen LogP contribution >= 0.6 is 0 Å². The minimum absolute atomic E-state index is 0.0411. The van der Waals surface area contributed by atoms with Crippen LogP contribution in [0.1, 0.15) is 27.2 Å². The smallest absolute Gasteiger partial charge is 0.317 e. The van der Waals surface area contributed by atoms with E-state index in [0.29, 0.717) is 5.92 Å². The number of carbonyl (C=O) groups excluding carboxylic acids is 1. The fraction of sp³-hybridized carbons (Fsp3) is 0.909. The molecule has 0 aromatic carbocycles. The Labute approximate surface area is 92.0 Å². The van der Waals surface area contributed by atoms with Gasteiger partial charge in [0.2, 0.25) is 0 Å². The standard InChI is InChI=1S/C11H22N2O2/c1-4-13(5-2)11(14)12-9(3)10-6-7-15-8-10/h9-10H,4-8H2,1-3H3,(H,12,14). The minimum Gasteiger partial charge on any atom is -0.381 e. The molecule has 0 aromatic heterocycles. The quantitative estimate of drug-likeness (QED) is 0.770. The van der Waals surface area contributed by atoms with Crippen LogP contribution in [0.5, 0.6) is 0 Å². The van der Waals surface area contributed by atoms with E-state index in [9.17, 15) is 4.79 Å². The molecule has 4 nitrogen and oxygen atoms in total. The van der Waals surface area contributed by atoms with Gasteiger partial charge in [0.1, 0.15) is 0 Å². The third-order valence-corrected chi connectivity index (χ3v) is 3.07. The lowest BCUT2D eigenvalue weighted by Gasteiger charge is -2.25. The lowest BCUT2D eigenvalue weighted by atomic mass is 10.0. The number of rotatable bonds is 4. The molecule has 0 spiro atoms. The summed E-state index contributed by atoms with van der Waals surface area (Å²) in [7, 11) is 0. The van der Waals surface area contributed by atoms with E-state index in [1.165, 1.54) is 0 Å². The second-order valence-electron chi connectivity index (χ2n) is 4.03. The van der Waals surface area contributed by atoms with E-state index in [1.54, 1.807) is 4.90 Å². The summed E-state index contributed by atoms with van der Waals surface area (Å²) in [6, 6.07) is 0.250. The highest BCUT2D eigenvalue weighted by Gasteiger charge is 2.24. The maximum Gasteiger partial charge on any atom is 0.317 e. The number of urea groups is 1. The van der Waals surface area contributed by atoms with Crippen molar-refractivity contribution in [2.24, 2.45) is 5.92 Å². The first kappa shape index (κ1) is 12.3. The van der Waals surface area contributed by atoms with Crippen LogP contribution in [-0.4, -0.2) is 43.3 Å². The average molecular weight is 214 g/mol. The first-order chi connectivity index (χ1) is 7.19. The van der Waals surface area contributed by atoms with Gasteiger partial charge in [0.25, 0.3) is 0 Å². The molecule has 0 aliphatic carbocycles. The van der Waals surface area contributed by atoms with E-state index >= 15 is 0 Å². The molecular formula is C11H22N2O2. The van der Waals surface area contributed by atoms with Crippen LogP contribution in [0.25, 0.3) is 0 Å². The number of nitrogens with zero attached hydrogens (tertiary/aromatic N) is 1. The summed E-state index contributed by atoms with van der Waals surface area (Å²) in [5.41, 5.74) is 0. The molecule has 2 amide bonds. The number of carbonyl (C=O) groups is 1. The second kappa shape index (κ2) is 5.95. The van der Waals surface area contributed by atoms with Crippen molar-refractivity contribution in [3.05, 3.63) is 0 Å². The normalized spacial score (nSPS) is 22.5. The molecular weight excluding hydrogens is 192 g/mol. The fourth-order valence-corrected chi connectivity index (χ4v) is 1.86. The molecule has 1 aliphatic rings. The van der Waals surface area contributed by atoms with Crippen molar-refractivity contribution in [3.63, 3.8) is 0 Å². The Hall–Kier alpha value is -0.770. The summed E-state index contributed by atoms with van der Waals surface area (Å²) in [4.78, 5) is 13.5. The number of ether oxygens (including phenoxy) is 1. The number of hydrogen-bond donors (Lipinski definition) is 1. The SMILES string of the molecule is CCN(CC)C(=O)NC(C)C1CCOC1. The maximum absolute atomic E-state index is 11.7. The van der Waals surface area contributed by atoms with E-state index in [0.717, 1.165) is 32.7 Å². The topological polar surface area (TPSA) is 41.6 Å². The zero-order chi connectivity index (χ0) is 11.3. The molecule has 0 saturated carbocycles. The van der Waals surface area contributed by atoms with Crippen molar-refractivity contribution in [2.75, 3.05) is 26.3 Å². The lowest BCUT2D eigenvalue weighted by molar-refractivity contribution is 0.172. The van der Waals surface area contributed by atoms with Crippen LogP contribution < -0.4 is 5.32 Å². The molecule has 1 rings (SSSR count). The van der Waals surface area contributed by atoms with E-state index in [4.69, 9.17) is 4.74 Å². The Morgan fingerprint density at radius 2 is 2.20 bits per heavy atom. The summed E-state index contributed by atoms with van der Waals surface area (Å²) in [5, 5.41) is 3.03. The van der Waals surface area contributed by atoms with Gasteiger partial charge in [-0.15, -0.1) is 0 Å². The molecule has 0 aromatic rings. The van der Waals surface area contributed by atoms with Gasteiger partial charge in [0.05, 0.1) is 6.61 Å². The van der Waals surface area contributed by atoms with Gasteiger partial charge in [-0.25, -0.2) is 4.79 Å². The molecule has 0 bridgehead atoms. The van der Waals surface area contributed by atoms with Crippen molar-refractivity contribution < 1.29 is 9.53 Å². The summed E-state index contributed by atoms with van der Waals surface area (Å²) in [6.45, 7) is 9.17. The Kier molecular flexibility index (Phi) is 4.88. The molecule has 88 valence electrons. The predicted octanol–water partition coefficient (Wildman–Crippen LogP) is 1.46. The zero-order valence-corrected chi connectivity index (χ0v) is 9.95.